The Labute approximate surface area is 104 Å². The molecule has 2 unspecified atom stereocenters. The molecule has 0 amide bonds. The van der Waals surface area contributed by atoms with Gasteiger partial charge in [-0.2, -0.15) is 0 Å². The van der Waals surface area contributed by atoms with Crippen molar-refractivity contribution in [3.05, 3.63) is 34.1 Å². The summed E-state index contributed by atoms with van der Waals surface area (Å²) in [5.41, 5.74) is 6.33. The minimum absolute atomic E-state index is 0.0163. The molecule has 0 aliphatic carbocycles. The number of hydrogen-bond donors (Lipinski definition) is 2. The topological polar surface area (TPSA) is 46.2 Å². The van der Waals surface area contributed by atoms with E-state index < -0.39 is 6.10 Å². The quantitative estimate of drug-likeness (QED) is 0.895. The molecular weight excluding hydrogens is 273 g/mol. The van der Waals surface area contributed by atoms with Gasteiger partial charge in [0.2, 0.25) is 0 Å². The van der Waals surface area contributed by atoms with Crippen LogP contribution in [-0.4, -0.2) is 11.7 Å². The molecule has 1 aromatic carbocycles. The summed E-state index contributed by atoms with van der Waals surface area (Å²) in [6.45, 7) is 4.44. The smallest absolute Gasteiger partial charge is 0.137 e. The number of benzene rings is 1. The van der Waals surface area contributed by atoms with Crippen LogP contribution in [0.2, 0.25) is 0 Å². The molecule has 4 heteroatoms. The average Bonchev–Trinajstić information content (AvgIpc) is 2.22. The van der Waals surface area contributed by atoms with Crippen molar-refractivity contribution < 1.29 is 9.50 Å². The zero-order chi connectivity index (χ0) is 12.3. The summed E-state index contributed by atoms with van der Waals surface area (Å²) in [5.74, 6) is -0.0639. The summed E-state index contributed by atoms with van der Waals surface area (Å²) in [6.07, 6.45) is -0.651. The predicted octanol–water partition coefficient (Wildman–Crippen LogP) is 2.85. The van der Waals surface area contributed by atoms with E-state index in [0.29, 0.717) is 16.6 Å². The molecule has 0 heterocycles. The molecule has 0 bridgehead atoms. The molecule has 1 aromatic rings. The van der Waals surface area contributed by atoms with Crippen LogP contribution >= 0.6 is 15.9 Å². The lowest BCUT2D eigenvalue weighted by atomic mass is 9.87. The molecule has 0 saturated carbocycles. The third-order valence-corrected chi connectivity index (χ3v) is 3.43. The molecular formula is C12H17BrFNO. The lowest BCUT2D eigenvalue weighted by molar-refractivity contribution is 0.0860. The van der Waals surface area contributed by atoms with Crippen molar-refractivity contribution >= 4 is 15.9 Å². The number of rotatable bonds is 4. The van der Waals surface area contributed by atoms with Gasteiger partial charge in [-0.05, 0) is 46.1 Å². The van der Waals surface area contributed by atoms with E-state index in [1.165, 1.54) is 6.07 Å². The maximum Gasteiger partial charge on any atom is 0.137 e. The lowest BCUT2D eigenvalue weighted by Crippen LogP contribution is -2.26. The van der Waals surface area contributed by atoms with Gasteiger partial charge in [0.15, 0.2) is 0 Å². The van der Waals surface area contributed by atoms with Crippen molar-refractivity contribution in [3.63, 3.8) is 0 Å². The third kappa shape index (κ3) is 3.03. The van der Waals surface area contributed by atoms with E-state index in [2.05, 4.69) is 15.9 Å². The second-order valence-electron chi connectivity index (χ2n) is 4.26. The Morgan fingerprint density at radius 3 is 2.50 bits per heavy atom. The number of aliphatic hydroxyl groups excluding tert-OH is 1. The Bertz CT molecular complexity index is 357. The highest BCUT2D eigenvalue weighted by atomic mass is 79.9. The van der Waals surface area contributed by atoms with Gasteiger partial charge >= 0.3 is 0 Å². The molecule has 0 radical (unpaired) electrons. The number of halogens is 2. The highest BCUT2D eigenvalue weighted by Gasteiger charge is 2.23. The van der Waals surface area contributed by atoms with E-state index in [9.17, 15) is 9.50 Å². The normalized spacial score (nSPS) is 15.2. The van der Waals surface area contributed by atoms with Crippen LogP contribution in [0.1, 0.15) is 25.5 Å². The fourth-order valence-corrected chi connectivity index (χ4v) is 2.11. The van der Waals surface area contributed by atoms with Gasteiger partial charge in [-0.1, -0.05) is 19.9 Å². The first kappa shape index (κ1) is 13.6. The summed E-state index contributed by atoms with van der Waals surface area (Å²) in [5, 5.41) is 10.1. The van der Waals surface area contributed by atoms with E-state index in [1.54, 1.807) is 12.1 Å². The molecule has 0 aromatic heterocycles. The molecule has 90 valence electrons. The van der Waals surface area contributed by atoms with Crippen molar-refractivity contribution in [2.45, 2.75) is 20.0 Å². The molecule has 0 aliphatic heterocycles. The standard InChI is InChI=1S/C12H17BrFNO/c1-7(2)9(6-15)12(16)8-3-4-11(14)10(13)5-8/h3-5,7,9,12,16H,6,15H2,1-2H3. The van der Waals surface area contributed by atoms with Gasteiger partial charge in [0.25, 0.3) is 0 Å². The van der Waals surface area contributed by atoms with E-state index in [-0.39, 0.29) is 17.7 Å². The lowest BCUT2D eigenvalue weighted by Gasteiger charge is -2.25. The molecule has 2 atom stereocenters. The van der Waals surface area contributed by atoms with Gasteiger partial charge in [-0.25, -0.2) is 4.39 Å². The van der Waals surface area contributed by atoms with Crippen LogP contribution in [-0.2, 0) is 0 Å². The Hall–Kier alpha value is -0.450. The first-order valence-corrected chi connectivity index (χ1v) is 6.09. The Kier molecular flexibility index (Phi) is 4.89. The number of hydrogen-bond acceptors (Lipinski definition) is 2. The molecule has 0 aliphatic rings. The first-order valence-electron chi connectivity index (χ1n) is 5.30. The van der Waals surface area contributed by atoms with Gasteiger partial charge in [0, 0.05) is 5.92 Å². The minimum atomic E-state index is -0.651. The highest BCUT2D eigenvalue weighted by Crippen LogP contribution is 2.29. The van der Waals surface area contributed by atoms with Crippen LogP contribution in [0.3, 0.4) is 0 Å². The van der Waals surface area contributed by atoms with E-state index >= 15 is 0 Å². The molecule has 2 nitrogen and oxygen atoms in total. The Morgan fingerprint density at radius 1 is 1.44 bits per heavy atom. The maximum atomic E-state index is 13.1. The molecule has 16 heavy (non-hydrogen) atoms. The van der Waals surface area contributed by atoms with Gasteiger partial charge in [0.1, 0.15) is 5.82 Å². The maximum absolute atomic E-state index is 13.1. The van der Waals surface area contributed by atoms with Gasteiger partial charge in [0.05, 0.1) is 10.6 Å². The molecule has 3 N–H and O–H groups in total. The third-order valence-electron chi connectivity index (χ3n) is 2.82. The van der Waals surface area contributed by atoms with Crippen LogP contribution in [0.4, 0.5) is 4.39 Å². The van der Waals surface area contributed by atoms with Crippen molar-refractivity contribution in [3.8, 4) is 0 Å². The minimum Gasteiger partial charge on any atom is -0.388 e. The fourth-order valence-electron chi connectivity index (χ4n) is 1.71. The van der Waals surface area contributed by atoms with Gasteiger partial charge in [-0.3, -0.25) is 0 Å². The molecule has 0 fully saturated rings. The molecule has 1 rings (SSSR count). The summed E-state index contributed by atoms with van der Waals surface area (Å²) in [4.78, 5) is 0. The first-order chi connectivity index (χ1) is 7.47. The van der Waals surface area contributed by atoms with Crippen LogP contribution in [0, 0.1) is 17.7 Å². The van der Waals surface area contributed by atoms with Gasteiger partial charge in [-0.15, -0.1) is 0 Å². The summed E-state index contributed by atoms with van der Waals surface area (Å²) in [6, 6.07) is 4.54. The monoisotopic (exact) mass is 289 g/mol. The second kappa shape index (κ2) is 5.75. The van der Waals surface area contributed by atoms with Crippen LogP contribution in [0.15, 0.2) is 22.7 Å². The summed E-state index contributed by atoms with van der Waals surface area (Å²) >= 11 is 3.11. The summed E-state index contributed by atoms with van der Waals surface area (Å²) in [7, 11) is 0. The fraction of sp³-hybridized carbons (Fsp3) is 0.500. The van der Waals surface area contributed by atoms with E-state index in [1.807, 2.05) is 13.8 Å². The molecule has 0 saturated heterocycles. The number of aliphatic hydroxyl groups is 1. The van der Waals surface area contributed by atoms with E-state index in [4.69, 9.17) is 5.73 Å². The van der Waals surface area contributed by atoms with Crippen LogP contribution < -0.4 is 5.73 Å². The predicted molar refractivity (Wildman–Crippen MR) is 66.4 cm³/mol. The van der Waals surface area contributed by atoms with Crippen molar-refractivity contribution in [1.82, 2.24) is 0 Å². The van der Waals surface area contributed by atoms with Gasteiger partial charge < -0.3 is 10.8 Å². The zero-order valence-electron chi connectivity index (χ0n) is 9.45. The van der Waals surface area contributed by atoms with E-state index in [0.717, 1.165) is 0 Å². The van der Waals surface area contributed by atoms with Crippen molar-refractivity contribution in [2.24, 2.45) is 17.6 Å². The second-order valence-corrected chi connectivity index (χ2v) is 5.12. The van der Waals surface area contributed by atoms with Crippen LogP contribution in [0.5, 0.6) is 0 Å². The Morgan fingerprint density at radius 2 is 2.06 bits per heavy atom. The Balaban J connectivity index is 2.94. The highest BCUT2D eigenvalue weighted by molar-refractivity contribution is 9.10. The number of nitrogens with two attached hydrogens (primary N) is 1. The van der Waals surface area contributed by atoms with Crippen molar-refractivity contribution in [1.29, 1.82) is 0 Å². The summed E-state index contributed by atoms with van der Waals surface area (Å²) < 4.78 is 13.4. The molecule has 0 spiro atoms. The average molecular weight is 290 g/mol. The largest absolute Gasteiger partial charge is 0.388 e. The zero-order valence-corrected chi connectivity index (χ0v) is 11.0. The van der Waals surface area contributed by atoms with Crippen LogP contribution in [0.25, 0.3) is 0 Å². The van der Waals surface area contributed by atoms with Crippen molar-refractivity contribution in [2.75, 3.05) is 6.54 Å². The SMILES string of the molecule is CC(C)C(CN)C(O)c1ccc(F)c(Br)c1.